The van der Waals surface area contributed by atoms with Gasteiger partial charge in [-0.25, -0.2) is 4.99 Å². The van der Waals surface area contributed by atoms with Crippen molar-refractivity contribution in [3.05, 3.63) is 64.3 Å². The van der Waals surface area contributed by atoms with Crippen molar-refractivity contribution in [3.8, 4) is 0 Å². The van der Waals surface area contributed by atoms with Gasteiger partial charge in [0.2, 0.25) is 0 Å². The van der Waals surface area contributed by atoms with Crippen LogP contribution in [-0.4, -0.2) is 42.2 Å². The van der Waals surface area contributed by atoms with Crippen molar-refractivity contribution in [2.24, 2.45) is 4.99 Å². The van der Waals surface area contributed by atoms with Crippen molar-refractivity contribution < 1.29 is 4.79 Å². The number of hydrogen-bond acceptors (Lipinski definition) is 4. The molecule has 4 rings (SSSR count). The molecule has 166 valence electrons. The molecule has 0 radical (unpaired) electrons. The smallest absolute Gasteiger partial charge is 0.268 e. The van der Waals surface area contributed by atoms with Crippen LogP contribution in [0.4, 0.5) is 5.69 Å². The van der Waals surface area contributed by atoms with Crippen LogP contribution in [-0.2, 0) is 12.8 Å². The lowest BCUT2D eigenvalue weighted by Gasteiger charge is -2.28. The topological polar surface area (TPSA) is 60.5 Å². The minimum atomic E-state index is -0.122. The molecule has 1 aliphatic rings. The zero-order chi connectivity index (χ0) is 22.3. The lowest BCUT2D eigenvalue weighted by atomic mass is 10.1. The second-order valence-electron chi connectivity index (χ2n) is 8.11. The maximum Gasteiger partial charge on any atom is 0.268 e. The van der Waals surface area contributed by atoms with Crippen LogP contribution in [0.2, 0.25) is 5.02 Å². The number of rotatable bonds is 8. The van der Waals surface area contributed by atoms with E-state index in [2.05, 4.69) is 61.8 Å². The van der Waals surface area contributed by atoms with E-state index in [1.54, 1.807) is 0 Å². The molecule has 1 aliphatic heterocycles. The van der Waals surface area contributed by atoms with Crippen LogP contribution in [0.25, 0.3) is 10.9 Å². The van der Waals surface area contributed by atoms with E-state index in [1.807, 2.05) is 18.2 Å². The van der Waals surface area contributed by atoms with Crippen molar-refractivity contribution in [1.29, 1.82) is 0 Å². The van der Waals surface area contributed by atoms with Crippen LogP contribution >= 0.6 is 23.8 Å². The molecular weight excluding hydrogens is 440 g/mol. The minimum absolute atomic E-state index is 0.122. The number of thiocarbonyl (C=S) groups is 1. The molecule has 0 atom stereocenters. The first-order chi connectivity index (χ1) is 15.7. The van der Waals surface area contributed by atoms with E-state index >= 15 is 0 Å². The number of H-pyrrole nitrogens is 1. The Morgan fingerprint density at radius 2 is 1.91 bits per heavy atom. The lowest BCUT2D eigenvalue weighted by molar-refractivity contribution is 0.0949. The Morgan fingerprint density at radius 3 is 2.66 bits per heavy atom. The molecule has 1 aromatic heterocycles. The number of aromatic nitrogens is 1. The second-order valence-corrected chi connectivity index (χ2v) is 8.73. The molecule has 2 N–H and O–H groups in total. The normalized spacial score (nSPS) is 13.7. The monoisotopic (exact) mass is 466 g/mol. The number of nitrogens with zero attached hydrogens (tertiary/aromatic N) is 2. The Bertz CT molecular complexity index is 1130. The number of fused-ring (bicyclic) bond motifs is 1. The Hall–Kier alpha value is -2.66. The number of carbonyl (C=O) groups is 1. The largest absolute Gasteiger partial charge is 0.372 e. The molecule has 32 heavy (non-hydrogen) atoms. The number of anilines is 1. The first kappa shape index (κ1) is 22.5. The van der Waals surface area contributed by atoms with Gasteiger partial charge in [-0.3, -0.25) is 4.79 Å². The quantitative estimate of drug-likeness (QED) is 0.343. The van der Waals surface area contributed by atoms with E-state index in [4.69, 9.17) is 11.6 Å². The number of nitrogens with one attached hydrogen (secondary N) is 2. The van der Waals surface area contributed by atoms with Crippen molar-refractivity contribution in [2.45, 2.75) is 32.1 Å². The molecule has 7 heteroatoms. The number of benzene rings is 2. The standard InChI is InChI=1S/C25H27ClN4OS/c26-19-6-9-23-22(16-19)21(11-12-27-17-32)24(29-23)25(31)28-13-10-18-4-7-20(8-5-18)30-14-2-1-3-15-30/h4-9,16,29H,1-3,10-15H2,(H,28,31). The lowest BCUT2D eigenvalue weighted by Crippen LogP contribution is -2.29. The van der Waals surface area contributed by atoms with Gasteiger partial charge in [-0.2, -0.15) is 0 Å². The van der Waals surface area contributed by atoms with Gasteiger partial charge in [0.1, 0.15) is 5.69 Å². The fourth-order valence-electron chi connectivity index (χ4n) is 4.32. The second kappa shape index (κ2) is 10.8. The zero-order valence-electron chi connectivity index (χ0n) is 18.0. The van der Waals surface area contributed by atoms with Crippen LogP contribution in [0, 0.1) is 0 Å². The number of isothiocyanates is 1. The minimum Gasteiger partial charge on any atom is -0.372 e. The van der Waals surface area contributed by atoms with Crippen molar-refractivity contribution >= 4 is 51.5 Å². The average Bonchev–Trinajstić information content (AvgIpc) is 3.18. The van der Waals surface area contributed by atoms with E-state index in [-0.39, 0.29) is 5.91 Å². The summed E-state index contributed by atoms with van der Waals surface area (Å²) in [6.45, 7) is 3.33. The van der Waals surface area contributed by atoms with Crippen LogP contribution in [0.3, 0.4) is 0 Å². The molecule has 3 aromatic rings. The third-order valence-corrected chi connectivity index (χ3v) is 6.35. The molecule has 0 bridgehead atoms. The Kier molecular flexibility index (Phi) is 7.59. The number of hydrogen-bond donors (Lipinski definition) is 2. The molecule has 1 fully saturated rings. The molecule has 2 heterocycles. The molecule has 0 spiro atoms. The van der Waals surface area contributed by atoms with Gasteiger partial charge in [0.15, 0.2) is 0 Å². The van der Waals surface area contributed by atoms with Gasteiger partial charge < -0.3 is 15.2 Å². The molecule has 1 amide bonds. The van der Waals surface area contributed by atoms with Crippen molar-refractivity contribution in [2.75, 3.05) is 31.1 Å². The average molecular weight is 467 g/mol. The molecule has 1 saturated heterocycles. The van der Waals surface area contributed by atoms with E-state index < -0.39 is 0 Å². The number of aliphatic imine (C=N–C) groups is 1. The van der Waals surface area contributed by atoms with Crippen LogP contribution in [0.5, 0.6) is 0 Å². The van der Waals surface area contributed by atoms with Crippen molar-refractivity contribution in [3.63, 3.8) is 0 Å². The highest BCUT2D eigenvalue weighted by molar-refractivity contribution is 7.78. The summed E-state index contributed by atoms with van der Waals surface area (Å²) in [7, 11) is 0. The van der Waals surface area contributed by atoms with E-state index in [0.29, 0.717) is 30.2 Å². The SMILES string of the molecule is O=C(NCCc1ccc(N2CCCCC2)cc1)c1[nH]c2ccc(Cl)cc2c1CCN=C=S. The number of amides is 1. The fourth-order valence-corrected chi connectivity index (χ4v) is 4.58. The maximum atomic E-state index is 13.0. The van der Waals surface area contributed by atoms with Crippen LogP contribution < -0.4 is 10.2 Å². The van der Waals surface area contributed by atoms with Gasteiger partial charge in [0.25, 0.3) is 5.91 Å². The first-order valence-electron chi connectivity index (χ1n) is 11.1. The van der Waals surface area contributed by atoms with Gasteiger partial charge >= 0.3 is 0 Å². The van der Waals surface area contributed by atoms with E-state index in [1.165, 1.54) is 30.5 Å². The Balaban J connectivity index is 1.40. The van der Waals surface area contributed by atoms with Crippen LogP contribution in [0.15, 0.2) is 47.5 Å². The van der Waals surface area contributed by atoms with Gasteiger partial charge in [-0.05, 0) is 85.8 Å². The number of aromatic amines is 1. The fraction of sp³-hybridized carbons (Fsp3) is 0.360. The Morgan fingerprint density at radius 1 is 1.12 bits per heavy atom. The molecule has 5 nitrogen and oxygen atoms in total. The van der Waals surface area contributed by atoms with E-state index in [9.17, 15) is 4.79 Å². The number of piperidine rings is 1. The highest BCUT2D eigenvalue weighted by atomic mass is 35.5. The Labute approximate surface area is 198 Å². The maximum absolute atomic E-state index is 13.0. The first-order valence-corrected chi connectivity index (χ1v) is 11.9. The zero-order valence-corrected chi connectivity index (χ0v) is 19.6. The van der Waals surface area contributed by atoms with Gasteiger partial charge in [0.05, 0.1) is 11.7 Å². The predicted molar refractivity (Wildman–Crippen MR) is 135 cm³/mol. The highest BCUT2D eigenvalue weighted by Crippen LogP contribution is 2.26. The third kappa shape index (κ3) is 5.39. The highest BCUT2D eigenvalue weighted by Gasteiger charge is 2.18. The van der Waals surface area contributed by atoms with Crippen LogP contribution in [0.1, 0.15) is 40.9 Å². The summed E-state index contributed by atoms with van der Waals surface area (Å²) in [5, 5.41) is 7.01. The van der Waals surface area contributed by atoms with Gasteiger partial charge in [0, 0.05) is 41.2 Å². The summed E-state index contributed by atoms with van der Waals surface area (Å²) >= 11 is 10.9. The predicted octanol–water partition coefficient (Wildman–Crippen LogP) is 5.43. The third-order valence-electron chi connectivity index (χ3n) is 5.99. The van der Waals surface area contributed by atoms with E-state index in [0.717, 1.165) is 36.0 Å². The summed E-state index contributed by atoms with van der Waals surface area (Å²) in [6, 6.07) is 14.3. The summed E-state index contributed by atoms with van der Waals surface area (Å²) in [5.74, 6) is -0.122. The van der Waals surface area contributed by atoms with Gasteiger partial charge in [-0.1, -0.05) is 23.7 Å². The molecule has 2 aromatic carbocycles. The number of halogens is 1. The summed E-state index contributed by atoms with van der Waals surface area (Å²) in [4.78, 5) is 22.7. The van der Waals surface area contributed by atoms with Crippen molar-refractivity contribution in [1.82, 2.24) is 10.3 Å². The summed E-state index contributed by atoms with van der Waals surface area (Å²) in [5.41, 5.74) is 4.85. The summed E-state index contributed by atoms with van der Waals surface area (Å²) < 4.78 is 0. The molecule has 0 aliphatic carbocycles. The molecular formula is C25H27ClN4OS. The number of carbonyl (C=O) groups excluding carboxylic acids is 1. The summed E-state index contributed by atoms with van der Waals surface area (Å²) in [6.07, 6.45) is 5.24. The molecule has 0 unspecified atom stereocenters. The molecule has 0 saturated carbocycles. The van der Waals surface area contributed by atoms with Gasteiger partial charge in [-0.15, -0.1) is 0 Å².